The molecule has 0 radical (unpaired) electrons. The number of carbonyl (C=O) groups excluding carboxylic acids is 1. The largest absolute Gasteiger partial charge is 0.398 e. The normalized spacial score (nSPS) is 14.2. The van der Waals surface area contributed by atoms with Gasteiger partial charge in [0.15, 0.2) is 11.6 Å². The maximum atomic E-state index is 13.3. The highest BCUT2D eigenvalue weighted by Gasteiger charge is 2.24. The van der Waals surface area contributed by atoms with E-state index >= 15 is 0 Å². The SMILES string of the molecule is Nc1cc(F)c(F)cc1C(=O)N1CCc2sccc2C1. The fraction of sp³-hybridized carbons (Fsp3) is 0.214. The van der Waals surface area contributed by atoms with E-state index in [4.69, 9.17) is 5.73 Å². The van der Waals surface area contributed by atoms with Crippen LogP contribution >= 0.6 is 11.3 Å². The molecule has 1 amide bonds. The number of benzene rings is 1. The average molecular weight is 294 g/mol. The number of nitrogens with two attached hydrogens (primary N) is 1. The van der Waals surface area contributed by atoms with Gasteiger partial charge in [-0.05, 0) is 29.5 Å². The van der Waals surface area contributed by atoms with E-state index in [1.807, 2.05) is 11.4 Å². The summed E-state index contributed by atoms with van der Waals surface area (Å²) in [5, 5.41) is 1.99. The second-order valence-electron chi connectivity index (χ2n) is 4.70. The van der Waals surface area contributed by atoms with Gasteiger partial charge in [0.05, 0.1) is 5.56 Å². The number of nitrogen functional groups attached to an aromatic ring is 1. The molecule has 1 aromatic carbocycles. The number of fused-ring (bicyclic) bond motifs is 1. The van der Waals surface area contributed by atoms with E-state index in [0.29, 0.717) is 13.1 Å². The van der Waals surface area contributed by atoms with Crippen LogP contribution in [-0.2, 0) is 13.0 Å². The van der Waals surface area contributed by atoms with Crippen molar-refractivity contribution in [3.8, 4) is 0 Å². The van der Waals surface area contributed by atoms with Crippen molar-refractivity contribution >= 4 is 22.9 Å². The Bertz CT molecular complexity index is 684. The Balaban J connectivity index is 1.89. The number of nitrogens with zero attached hydrogens (tertiary/aromatic N) is 1. The van der Waals surface area contributed by atoms with Crippen LogP contribution in [0.1, 0.15) is 20.8 Å². The quantitative estimate of drug-likeness (QED) is 0.822. The topological polar surface area (TPSA) is 46.3 Å². The van der Waals surface area contributed by atoms with E-state index < -0.39 is 11.6 Å². The number of hydrogen-bond acceptors (Lipinski definition) is 3. The number of rotatable bonds is 1. The molecule has 0 bridgehead atoms. The van der Waals surface area contributed by atoms with Gasteiger partial charge in [-0.2, -0.15) is 0 Å². The first-order valence-electron chi connectivity index (χ1n) is 6.15. The Morgan fingerprint density at radius 2 is 2.05 bits per heavy atom. The van der Waals surface area contributed by atoms with E-state index in [1.165, 1.54) is 4.88 Å². The van der Waals surface area contributed by atoms with Gasteiger partial charge >= 0.3 is 0 Å². The van der Waals surface area contributed by atoms with Crippen molar-refractivity contribution in [1.82, 2.24) is 4.90 Å². The Morgan fingerprint density at radius 3 is 2.85 bits per heavy atom. The van der Waals surface area contributed by atoms with E-state index in [0.717, 1.165) is 24.1 Å². The van der Waals surface area contributed by atoms with Crippen LogP contribution in [0.5, 0.6) is 0 Å². The molecular weight excluding hydrogens is 282 g/mol. The molecular formula is C14H12F2N2OS. The summed E-state index contributed by atoms with van der Waals surface area (Å²) >= 11 is 1.67. The molecule has 6 heteroatoms. The molecule has 1 aliphatic heterocycles. The average Bonchev–Trinajstić information content (AvgIpc) is 2.89. The lowest BCUT2D eigenvalue weighted by atomic mass is 10.1. The van der Waals surface area contributed by atoms with E-state index in [-0.39, 0.29) is 17.2 Å². The predicted molar refractivity (Wildman–Crippen MR) is 73.5 cm³/mol. The molecule has 0 saturated carbocycles. The van der Waals surface area contributed by atoms with Gasteiger partial charge in [0.25, 0.3) is 5.91 Å². The Kier molecular flexibility index (Phi) is 3.17. The van der Waals surface area contributed by atoms with Crippen LogP contribution in [-0.4, -0.2) is 17.4 Å². The lowest BCUT2D eigenvalue weighted by Crippen LogP contribution is -2.35. The van der Waals surface area contributed by atoms with Gasteiger partial charge in [-0.25, -0.2) is 8.78 Å². The van der Waals surface area contributed by atoms with Gasteiger partial charge in [-0.15, -0.1) is 11.3 Å². The molecule has 1 aliphatic rings. The summed E-state index contributed by atoms with van der Waals surface area (Å²) in [6.07, 6.45) is 0.780. The second kappa shape index (κ2) is 4.86. The number of hydrogen-bond donors (Lipinski definition) is 1. The standard InChI is InChI=1S/C14H12F2N2OS/c15-10-5-9(12(17)6-11(10)16)14(19)18-3-1-13-8(7-18)2-4-20-13/h2,4-6H,1,3,7,17H2. The summed E-state index contributed by atoms with van der Waals surface area (Å²) in [5.41, 5.74) is 6.71. The maximum Gasteiger partial charge on any atom is 0.256 e. The number of anilines is 1. The molecule has 20 heavy (non-hydrogen) atoms. The molecule has 0 saturated heterocycles. The minimum atomic E-state index is -1.06. The van der Waals surface area contributed by atoms with Gasteiger partial charge in [0.1, 0.15) is 0 Å². The van der Waals surface area contributed by atoms with Crippen LogP contribution < -0.4 is 5.73 Å². The predicted octanol–water partition coefficient (Wildman–Crippen LogP) is 2.81. The third-order valence-electron chi connectivity index (χ3n) is 3.42. The van der Waals surface area contributed by atoms with Crippen molar-refractivity contribution in [3.63, 3.8) is 0 Å². The van der Waals surface area contributed by atoms with Crippen molar-refractivity contribution in [3.05, 3.63) is 51.2 Å². The van der Waals surface area contributed by atoms with E-state index in [2.05, 4.69) is 0 Å². The summed E-state index contributed by atoms with van der Waals surface area (Å²) in [7, 11) is 0. The van der Waals surface area contributed by atoms with Gasteiger partial charge in [-0.1, -0.05) is 0 Å². The monoisotopic (exact) mass is 294 g/mol. The fourth-order valence-electron chi connectivity index (χ4n) is 2.34. The number of thiophene rings is 1. The third kappa shape index (κ3) is 2.16. The summed E-state index contributed by atoms with van der Waals surface area (Å²) in [6.45, 7) is 1.04. The molecule has 0 atom stereocenters. The number of halogens is 2. The highest BCUT2D eigenvalue weighted by atomic mass is 32.1. The summed E-state index contributed by atoms with van der Waals surface area (Å²) in [6, 6.07) is 3.70. The highest BCUT2D eigenvalue weighted by Crippen LogP contribution is 2.26. The smallest absolute Gasteiger partial charge is 0.256 e. The minimum absolute atomic E-state index is 0.0163. The van der Waals surface area contributed by atoms with Crippen molar-refractivity contribution in [2.75, 3.05) is 12.3 Å². The van der Waals surface area contributed by atoms with E-state index in [9.17, 15) is 13.6 Å². The molecule has 2 aromatic rings. The molecule has 104 valence electrons. The van der Waals surface area contributed by atoms with Crippen LogP contribution in [0, 0.1) is 11.6 Å². The van der Waals surface area contributed by atoms with Crippen LogP contribution in [0.4, 0.5) is 14.5 Å². The first-order chi connectivity index (χ1) is 9.56. The Morgan fingerprint density at radius 1 is 1.30 bits per heavy atom. The molecule has 3 rings (SSSR count). The molecule has 0 aliphatic carbocycles. The summed E-state index contributed by atoms with van der Waals surface area (Å²) in [5.74, 6) is -2.47. The molecule has 0 spiro atoms. The minimum Gasteiger partial charge on any atom is -0.398 e. The van der Waals surface area contributed by atoms with Crippen LogP contribution in [0.15, 0.2) is 23.6 Å². The molecule has 1 aromatic heterocycles. The lowest BCUT2D eigenvalue weighted by Gasteiger charge is -2.27. The van der Waals surface area contributed by atoms with Gasteiger partial charge < -0.3 is 10.6 Å². The van der Waals surface area contributed by atoms with Gasteiger partial charge in [0, 0.05) is 29.7 Å². The second-order valence-corrected chi connectivity index (χ2v) is 5.70. The Labute approximate surface area is 118 Å². The fourth-order valence-corrected chi connectivity index (χ4v) is 3.23. The lowest BCUT2D eigenvalue weighted by molar-refractivity contribution is 0.0736. The summed E-state index contributed by atoms with van der Waals surface area (Å²) in [4.78, 5) is 15.3. The molecule has 3 nitrogen and oxygen atoms in total. The van der Waals surface area contributed by atoms with Gasteiger partial charge in [-0.3, -0.25) is 4.79 Å². The zero-order valence-corrected chi connectivity index (χ0v) is 11.3. The first kappa shape index (κ1) is 13.1. The van der Waals surface area contributed by atoms with Crippen molar-refractivity contribution in [2.24, 2.45) is 0 Å². The molecule has 0 unspecified atom stereocenters. The maximum absolute atomic E-state index is 13.3. The zero-order valence-electron chi connectivity index (χ0n) is 10.5. The molecule has 0 fully saturated rings. The van der Waals surface area contributed by atoms with Crippen molar-refractivity contribution < 1.29 is 13.6 Å². The van der Waals surface area contributed by atoms with Crippen molar-refractivity contribution in [2.45, 2.75) is 13.0 Å². The third-order valence-corrected chi connectivity index (χ3v) is 4.44. The van der Waals surface area contributed by atoms with Crippen LogP contribution in [0.3, 0.4) is 0 Å². The van der Waals surface area contributed by atoms with Gasteiger partial charge in [0.2, 0.25) is 0 Å². The van der Waals surface area contributed by atoms with Crippen LogP contribution in [0.25, 0.3) is 0 Å². The van der Waals surface area contributed by atoms with Crippen LogP contribution in [0.2, 0.25) is 0 Å². The van der Waals surface area contributed by atoms with Crippen molar-refractivity contribution in [1.29, 1.82) is 0 Å². The van der Waals surface area contributed by atoms with E-state index in [1.54, 1.807) is 16.2 Å². The molecule has 2 heterocycles. The first-order valence-corrected chi connectivity index (χ1v) is 7.03. The Hall–Kier alpha value is -1.95. The number of carbonyl (C=O) groups is 1. The zero-order chi connectivity index (χ0) is 14.3. The number of amides is 1. The highest BCUT2D eigenvalue weighted by molar-refractivity contribution is 7.10. The summed E-state index contributed by atoms with van der Waals surface area (Å²) < 4.78 is 26.3. The molecule has 2 N–H and O–H groups in total.